The van der Waals surface area contributed by atoms with Gasteiger partial charge in [0.15, 0.2) is 0 Å². The molecule has 0 radical (unpaired) electrons. The Morgan fingerprint density at radius 3 is 2.55 bits per heavy atom. The van der Waals surface area contributed by atoms with Crippen LogP contribution >= 0.6 is 11.3 Å². The van der Waals surface area contributed by atoms with E-state index >= 15 is 0 Å². The summed E-state index contributed by atoms with van der Waals surface area (Å²) >= 11 is 1.76. The molecule has 0 aliphatic rings. The molecule has 0 aliphatic heterocycles. The minimum atomic E-state index is 1.12. The number of nitrogens with zero attached hydrogens (tertiary/aromatic N) is 1. The summed E-state index contributed by atoms with van der Waals surface area (Å²) in [6, 6.07) is 21.5. The van der Waals surface area contributed by atoms with Crippen LogP contribution in [0, 0.1) is 6.92 Å². The van der Waals surface area contributed by atoms with Crippen molar-refractivity contribution >= 4 is 32.3 Å². The van der Waals surface area contributed by atoms with E-state index in [-0.39, 0.29) is 0 Å². The highest BCUT2D eigenvalue weighted by atomic mass is 32.1. The maximum atomic E-state index is 4.66. The van der Waals surface area contributed by atoms with Crippen LogP contribution in [-0.4, -0.2) is 4.98 Å². The van der Waals surface area contributed by atoms with Crippen molar-refractivity contribution in [2.24, 2.45) is 0 Å². The van der Waals surface area contributed by atoms with Gasteiger partial charge < -0.3 is 0 Å². The van der Waals surface area contributed by atoms with Crippen LogP contribution in [0.1, 0.15) is 5.01 Å². The number of aromatic nitrogens is 1. The normalized spacial score (nSPS) is 11.2. The second-order valence-electron chi connectivity index (χ2n) is 4.95. The number of thiazole rings is 1. The Labute approximate surface area is 121 Å². The molecule has 0 amide bonds. The Morgan fingerprint density at radius 1 is 0.850 bits per heavy atom. The minimum absolute atomic E-state index is 1.12. The molecule has 4 aromatic rings. The van der Waals surface area contributed by atoms with Crippen molar-refractivity contribution < 1.29 is 0 Å². The summed E-state index contributed by atoms with van der Waals surface area (Å²) in [7, 11) is 0. The third-order valence-electron chi connectivity index (χ3n) is 3.59. The second-order valence-corrected chi connectivity index (χ2v) is 6.18. The average molecular weight is 275 g/mol. The first-order chi connectivity index (χ1) is 9.81. The summed E-state index contributed by atoms with van der Waals surface area (Å²) in [5, 5.41) is 3.62. The molecule has 0 N–H and O–H groups in total. The van der Waals surface area contributed by atoms with E-state index in [0.29, 0.717) is 0 Å². The molecule has 0 spiro atoms. The van der Waals surface area contributed by atoms with Crippen molar-refractivity contribution in [2.75, 3.05) is 0 Å². The van der Waals surface area contributed by atoms with Gasteiger partial charge in [-0.05, 0) is 35.6 Å². The molecule has 0 atom stereocenters. The first-order valence-electron chi connectivity index (χ1n) is 6.66. The van der Waals surface area contributed by atoms with Crippen LogP contribution in [0.4, 0.5) is 0 Å². The molecular formula is C18H13NS. The molecular weight excluding hydrogens is 262 g/mol. The molecule has 0 bridgehead atoms. The van der Waals surface area contributed by atoms with Crippen LogP contribution in [0.2, 0.25) is 0 Å². The van der Waals surface area contributed by atoms with E-state index in [9.17, 15) is 0 Å². The summed E-state index contributed by atoms with van der Waals surface area (Å²) < 4.78 is 1.27. The Kier molecular flexibility index (Phi) is 2.57. The largest absolute Gasteiger partial charge is 0.241 e. The van der Waals surface area contributed by atoms with Crippen molar-refractivity contribution in [3.05, 3.63) is 65.7 Å². The fraction of sp³-hybridized carbons (Fsp3) is 0.0556. The maximum Gasteiger partial charge on any atom is 0.0908 e. The summed E-state index contributed by atoms with van der Waals surface area (Å²) in [5.74, 6) is 0. The molecule has 0 saturated heterocycles. The molecule has 20 heavy (non-hydrogen) atoms. The molecule has 4 rings (SSSR count). The Bertz CT molecular complexity index is 907. The number of rotatable bonds is 1. The molecule has 1 heterocycles. The van der Waals surface area contributed by atoms with Gasteiger partial charge in [-0.15, -0.1) is 11.3 Å². The zero-order valence-corrected chi connectivity index (χ0v) is 11.9. The van der Waals surface area contributed by atoms with E-state index < -0.39 is 0 Å². The lowest BCUT2D eigenvalue weighted by Gasteiger charge is -2.04. The van der Waals surface area contributed by atoms with Crippen LogP contribution in [0.5, 0.6) is 0 Å². The number of hydrogen-bond acceptors (Lipinski definition) is 2. The van der Waals surface area contributed by atoms with Crippen molar-refractivity contribution in [1.29, 1.82) is 0 Å². The number of fused-ring (bicyclic) bond motifs is 3. The molecule has 0 aliphatic carbocycles. The lowest BCUT2D eigenvalue weighted by Crippen LogP contribution is -1.80. The van der Waals surface area contributed by atoms with E-state index in [1.807, 2.05) is 6.07 Å². The fourth-order valence-corrected chi connectivity index (χ4v) is 3.48. The summed E-state index contributed by atoms with van der Waals surface area (Å²) in [6.45, 7) is 2.06. The monoisotopic (exact) mass is 275 g/mol. The van der Waals surface area contributed by atoms with Gasteiger partial charge in [0, 0.05) is 5.39 Å². The Morgan fingerprint density at radius 2 is 1.70 bits per heavy atom. The zero-order valence-electron chi connectivity index (χ0n) is 11.1. The lowest BCUT2D eigenvalue weighted by molar-refractivity contribution is 1.35. The third kappa shape index (κ3) is 1.81. The maximum absolute atomic E-state index is 4.66. The summed E-state index contributed by atoms with van der Waals surface area (Å²) in [4.78, 5) is 4.66. The predicted octanol–water partition coefficient (Wildman–Crippen LogP) is 5.42. The predicted molar refractivity (Wildman–Crippen MR) is 87.3 cm³/mol. The molecule has 0 saturated carbocycles. The van der Waals surface area contributed by atoms with Crippen LogP contribution in [0.25, 0.3) is 32.1 Å². The van der Waals surface area contributed by atoms with Crippen molar-refractivity contribution in [3.8, 4) is 11.1 Å². The average Bonchev–Trinajstić information content (AvgIpc) is 2.88. The van der Waals surface area contributed by atoms with Gasteiger partial charge >= 0.3 is 0 Å². The highest BCUT2D eigenvalue weighted by Crippen LogP contribution is 2.31. The van der Waals surface area contributed by atoms with Crippen LogP contribution in [-0.2, 0) is 0 Å². The quantitative estimate of drug-likeness (QED) is 0.451. The Balaban J connectivity index is 1.98. The zero-order chi connectivity index (χ0) is 13.5. The van der Waals surface area contributed by atoms with E-state index in [2.05, 4.69) is 66.5 Å². The standard InChI is InChI=1S/C18H13NS/c1-12-19-18-16-9-7-14(13-5-3-2-4-6-13)11-15(16)8-10-17(18)20-12/h2-11H,1H3. The Hall–Kier alpha value is -2.19. The van der Waals surface area contributed by atoms with Crippen LogP contribution in [0.15, 0.2) is 60.7 Å². The topological polar surface area (TPSA) is 12.9 Å². The molecule has 1 nitrogen and oxygen atoms in total. The number of hydrogen-bond donors (Lipinski definition) is 0. The van der Waals surface area contributed by atoms with Gasteiger partial charge in [0.25, 0.3) is 0 Å². The van der Waals surface area contributed by atoms with E-state index in [1.54, 1.807) is 11.3 Å². The molecule has 96 valence electrons. The van der Waals surface area contributed by atoms with Crippen molar-refractivity contribution in [3.63, 3.8) is 0 Å². The first kappa shape index (κ1) is 11.6. The lowest BCUT2D eigenvalue weighted by atomic mass is 10.0. The number of benzene rings is 3. The molecule has 1 aromatic heterocycles. The molecule has 2 heteroatoms. The SMILES string of the molecule is Cc1nc2c(ccc3cc(-c4ccccc4)ccc32)s1. The van der Waals surface area contributed by atoms with Gasteiger partial charge in [0.2, 0.25) is 0 Å². The molecule has 0 fully saturated rings. The fourth-order valence-electron chi connectivity index (χ4n) is 2.64. The van der Waals surface area contributed by atoms with Crippen molar-refractivity contribution in [1.82, 2.24) is 4.98 Å². The van der Waals surface area contributed by atoms with Gasteiger partial charge in [-0.3, -0.25) is 0 Å². The van der Waals surface area contributed by atoms with Gasteiger partial charge in [0.05, 0.1) is 15.2 Å². The van der Waals surface area contributed by atoms with Crippen molar-refractivity contribution in [2.45, 2.75) is 6.92 Å². The van der Waals surface area contributed by atoms with Gasteiger partial charge in [0.1, 0.15) is 0 Å². The van der Waals surface area contributed by atoms with E-state index in [1.165, 1.54) is 26.6 Å². The van der Waals surface area contributed by atoms with E-state index in [0.717, 1.165) is 10.5 Å². The third-order valence-corrected chi connectivity index (χ3v) is 4.52. The van der Waals surface area contributed by atoms with E-state index in [4.69, 9.17) is 0 Å². The molecule has 3 aromatic carbocycles. The van der Waals surface area contributed by atoms with Gasteiger partial charge in [-0.1, -0.05) is 48.5 Å². The molecule has 0 unspecified atom stereocenters. The minimum Gasteiger partial charge on any atom is -0.241 e. The van der Waals surface area contributed by atoms with Gasteiger partial charge in [-0.25, -0.2) is 4.98 Å². The van der Waals surface area contributed by atoms with Gasteiger partial charge in [-0.2, -0.15) is 0 Å². The highest BCUT2D eigenvalue weighted by molar-refractivity contribution is 7.18. The first-order valence-corrected chi connectivity index (χ1v) is 7.48. The van der Waals surface area contributed by atoms with Crippen LogP contribution in [0.3, 0.4) is 0 Å². The summed E-state index contributed by atoms with van der Waals surface area (Å²) in [6.07, 6.45) is 0. The summed E-state index contributed by atoms with van der Waals surface area (Å²) in [5.41, 5.74) is 3.64. The number of aryl methyl sites for hydroxylation is 1. The second kappa shape index (κ2) is 4.43. The van der Waals surface area contributed by atoms with Crippen LogP contribution < -0.4 is 0 Å². The highest BCUT2D eigenvalue weighted by Gasteiger charge is 2.06. The smallest absolute Gasteiger partial charge is 0.0908 e.